The highest BCUT2D eigenvalue weighted by Gasteiger charge is 2.22. The molecular formula is C34H40FN5O8. The van der Waals surface area contributed by atoms with Crippen LogP contribution in [0.3, 0.4) is 0 Å². The number of hydrogen-bond acceptors (Lipinski definition) is 11. The van der Waals surface area contributed by atoms with Crippen LogP contribution in [0.5, 0.6) is 5.75 Å². The monoisotopic (exact) mass is 665 g/mol. The summed E-state index contributed by atoms with van der Waals surface area (Å²) in [6, 6.07) is 10.7. The Kier molecular flexibility index (Phi) is 11.5. The number of benzene rings is 2. The van der Waals surface area contributed by atoms with Gasteiger partial charge in [-0.05, 0) is 70.5 Å². The maximum Gasteiger partial charge on any atom is 0.408 e. The van der Waals surface area contributed by atoms with Gasteiger partial charge in [-0.3, -0.25) is 9.59 Å². The maximum absolute atomic E-state index is 15.1. The summed E-state index contributed by atoms with van der Waals surface area (Å²) in [6.07, 6.45) is 0.673. The number of carbonyl (C=O) groups is 3. The minimum Gasteiger partial charge on any atom is -0.481 e. The predicted molar refractivity (Wildman–Crippen MR) is 172 cm³/mol. The average Bonchev–Trinajstić information content (AvgIpc) is 3.72. The molecule has 2 atom stereocenters. The number of nitrogens with zero attached hydrogens (tertiary/aromatic N) is 3. The quantitative estimate of drug-likeness (QED) is 0.152. The van der Waals surface area contributed by atoms with Gasteiger partial charge in [0.05, 0.1) is 11.6 Å². The van der Waals surface area contributed by atoms with Crippen LogP contribution in [0.1, 0.15) is 89.0 Å². The molecule has 2 heterocycles. The second-order valence-corrected chi connectivity index (χ2v) is 12.3. The van der Waals surface area contributed by atoms with Crippen molar-refractivity contribution in [1.82, 2.24) is 25.8 Å². The summed E-state index contributed by atoms with van der Waals surface area (Å²) in [5.41, 5.74) is 0.639. The molecule has 0 fully saturated rings. The fraction of sp³-hybridized carbons (Fsp3) is 0.412. The molecule has 4 rings (SSSR count). The lowest BCUT2D eigenvalue weighted by molar-refractivity contribution is -0.143. The average molecular weight is 666 g/mol. The Morgan fingerprint density at radius 3 is 2.31 bits per heavy atom. The molecule has 256 valence electrons. The van der Waals surface area contributed by atoms with E-state index in [1.807, 2.05) is 32.9 Å². The number of ether oxygens (including phenoxy) is 3. The number of oxazole rings is 1. The van der Waals surface area contributed by atoms with E-state index in [2.05, 4.69) is 25.8 Å². The molecule has 0 spiro atoms. The standard InChI is InChI=1S/C34H40FN5O8/c1-8-27(46-23-12-9-21(10-13-23)29-39-31(19(2)3)48-40-29)32-38-26(18-45-32)22-11-14-24(25(35)15-22)30(42)37-20(4)17-44-28(41)16-36-33(43)47-34(5,6)7/h9-15,18-20,27H,8,16-17H2,1-7H3,(H,36,43)(H,37,42)/t20-,27?/m0/s1. The van der Waals surface area contributed by atoms with Crippen LogP contribution in [-0.4, -0.2) is 57.9 Å². The molecule has 0 bridgehead atoms. The summed E-state index contributed by atoms with van der Waals surface area (Å²) in [6.45, 7) is 11.9. The summed E-state index contributed by atoms with van der Waals surface area (Å²) in [4.78, 5) is 45.2. The van der Waals surface area contributed by atoms with Gasteiger partial charge >= 0.3 is 12.1 Å². The van der Waals surface area contributed by atoms with E-state index in [9.17, 15) is 14.4 Å². The summed E-state index contributed by atoms with van der Waals surface area (Å²) < 4.78 is 42.3. The van der Waals surface area contributed by atoms with E-state index >= 15 is 4.39 Å². The van der Waals surface area contributed by atoms with Crippen LogP contribution in [-0.2, 0) is 14.3 Å². The number of esters is 1. The predicted octanol–water partition coefficient (Wildman–Crippen LogP) is 6.37. The van der Waals surface area contributed by atoms with Gasteiger partial charge in [0.2, 0.25) is 17.6 Å². The zero-order valence-electron chi connectivity index (χ0n) is 28.0. The summed E-state index contributed by atoms with van der Waals surface area (Å²) in [5, 5.41) is 8.90. The number of aromatic nitrogens is 3. The van der Waals surface area contributed by atoms with E-state index in [1.165, 1.54) is 18.4 Å². The Morgan fingerprint density at radius 2 is 1.69 bits per heavy atom. The number of halogens is 1. The second kappa shape index (κ2) is 15.5. The highest BCUT2D eigenvalue weighted by Crippen LogP contribution is 2.29. The van der Waals surface area contributed by atoms with Gasteiger partial charge < -0.3 is 33.8 Å². The highest BCUT2D eigenvalue weighted by atomic mass is 19.1. The molecule has 4 aromatic rings. The van der Waals surface area contributed by atoms with Crippen LogP contribution in [0.2, 0.25) is 0 Å². The summed E-state index contributed by atoms with van der Waals surface area (Å²) in [5.74, 6) is -0.116. The second-order valence-electron chi connectivity index (χ2n) is 12.3. The van der Waals surface area contributed by atoms with Gasteiger partial charge in [-0.15, -0.1) is 0 Å². The zero-order chi connectivity index (χ0) is 35.0. The van der Waals surface area contributed by atoms with Crippen molar-refractivity contribution in [2.75, 3.05) is 13.2 Å². The number of amides is 2. The van der Waals surface area contributed by atoms with Crippen LogP contribution >= 0.6 is 0 Å². The first-order chi connectivity index (χ1) is 22.7. The lowest BCUT2D eigenvalue weighted by Crippen LogP contribution is -2.39. The molecule has 2 N–H and O–H groups in total. The lowest BCUT2D eigenvalue weighted by atomic mass is 10.1. The van der Waals surface area contributed by atoms with Crippen LogP contribution in [0, 0.1) is 5.82 Å². The van der Waals surface area contributed by atoms with Crippen molar-refractivity contribution >= 4 is 18.0 Å². The van der Waals surface area contributed by atoms with Crippen molar-refractivity contribution < 1.29 is 41.9 Å². The first-order valence-corrected chi connectivity index (χ1v) is 15.5. The van der Waals surface area contributed by atoms with E-state index < -0.39 is 48.1 Å². The van der Waals surface area contributed by atoms with E-state index in [0.717, 1.165) is 5.56 Å². The molecule has 1 unspecified atom stereocenters. The maximum atomic E-state index is 15.1. The van der Waals surface area contributed by atoms with Crippen LogP contribution in [0.4, 0.5) is 9.18 Å². The number of rotatable bonds is 13. The summed E-state index contributed by atoms with van der Waals surface area (Å²) in [7, 11) is 0. The minimum absolute atomic E-state index is 0.127. The van der Waals surface area contributed by atoms with Crippen molar-refractivity contribution in [3.05, 3.63) is 71.9 Å². The van der Waals surface area contributed by atoms with Gasteiger partial charge in [0.25, 0.3) is 5.91 Å². The number of carbonyl (C=O) groups excluding carboxylic acids is 3. The SMILES string of the molecule is CCC(Oc1ccc(-c2noc(C(C)C)n2)cc1)c1nc(-c2ccc(C(=O)N[C@@H](C)COC(=O)CNC(=O)OC(C)(C)C)c(F)c2)co1. The molecule has 0 radical (unpaired) electrons. The fourth-order valence-electron chi connectivity index (χ4n) is 4.24. The third-order valence-corrected chi connectivity index (χ3v) is 6.65. The third-order valence-electron chi connectivity index (χ3n) is 6.65. The Balaban J connectivity index is 1.30. The molecule has 0 aliphatic rings. The highest BCUT2D eigenvalue weighted by molar-refractivity contribution is 5.95. The van der Waals surface area contributed by atoms with Crippen LogP contribution in [0.15, 0.2) is 57.7 Å². The Morgan fingerprint density at radius 1 is 0.979 bits per heavy atom. The van der Waals surface area contributed by atoms with Gasteiger partial charge in [-0.2, -0.15) is 4.98 Å². The molecule has 2 aromatic heterocycles. The minimum atomic E-state index is -0.772. The van der Waals surface area contributed by atoms with E-state index in [1.54, 1.807) is 45.9 Å². The Bertz CT molecular complexity index is 1710. The largest absolute Gasteiger partial charge is 0.481 e. The Labute approximate surface area is 277 Å². The van der Waals surface area contributed by atoms with Crippen molar-refractivity contribution in [3.8, 4) is 28.4 Å². The van der Waals surface area contributed by atoms with E-state index in [4.69, 9.17) is 23.2 Å². The normalized spacial score (nSPS) is 12.7. The molecular weight excluding hydrogens is 625 g/mol. The number of nitrogens with one attached hydrogen (secondary N) is 2. The molecule has 0 aliphatic heterocycles. The number of hydrogen-bond donors (Lipinski definition) is 2. The first-order valence-electron chi connectivity index (χ1n) is 15.5. The van der Waals surface area contributed by atoms with Crippen LogP contribution in [0.25, 0.3) is 22.6 Å². The van der Waals surface area contributed by atoms with Gasteiger partial charge in [0.15, 0.2) is 6.10 Å². The first kappa shape index (κ1) is 35.6. The van der Waals surface area contributed by atoms with Crippen molar-refractivity contribution in [3.63, 3.8) is 0 Å². The van der Waals surface area contributed by atoms with Crippen molar-refractivity contribution in [1.29, 1.82) is 0 Å². The molecule has 2 amide bonds. The van der Waals surface area contributed by atoms with E-state index in [0.29, 0.717) is 41.0 Å². The lowest BCUT2D eigenvalue weighted by Gasteiger charge is -2.19. The van der Waals surface area contributed by atoms with Gasteiger partial charge in [0.1, 0.15) is 42.3 Å². The van der Waals surface area contributed by atoms with Crippen molar-refractivity contribution in [2.24, 2.45) is 0 Å². The van der Waals surface area contributed by atoms with Crippen molar-refractivity contribution in [2.45, 2.75) is 78.6 Å². The molecule has 13 nitrogen and oxygen atoms in total. The van der Waals surface area contributed by atoms with Gasteiger partial charge in [-0.25, -0.2) is 14.2 Å². The Hall–Kier alpha value is -5.27. The van der Waals surface area contributed by atoms with Crippen LogP contribution < -0.4 is 15.4 Å². The molecule has 2 aromatic carbocycles. The van der Waals surface area contributed by atoms with Gasteiger partial charge in [-0.1, -0.05) is 32.0 Å². The molecule has 0 saturated carbocycles. The molecule has 48 heavy (non-hydrogen) atoms. The smallest absolute Gasteiger partial charge is 0.408 e. The van der Waals surface area contributed by atoms with Gasteiger partial charge in [0, 0.05) is 17.0 Å². The molecule has 0 saturated heterocycles. The topological polar surface area (TPSA) is 168 Å². The van der Waals surface area contributed by atoms with E-state index in [-0.39, 0.29) is 18.1 Å². The number of alkyl carbamates (subject to hydrolysis) is 1. The fourth-order valence-corrected chi connectivity index (χ4v) is 4.24. The molecule has 0 aliphatic carbocycles. The summed E-state index contributed by atoms with van der Waals surface area (Å²) >= 11 is 0. The molecule has 14 heteroatoms. The zero-order valence-corrected chi connectivity index (χ0v) is 28.0. The third kappa shape index (κ3) is 9.86.